The van der Waals surface area contributed by atoms with Crippen LogP contribution in [-0.2, 0) is 11.3 Å². The minimum Gasteiger partial charge on any atom is -0.341 e. The molecule has 0 aliphatic heterocycles. The average molecular weight is 262 g/mol. The lowest BCUT2D eigenvalue weighted by Crippen LogP contribution is -2.39. The summed E-state index contributed by atoms with van der Waals surface area (Å²) < 4.78 is 0. The number of rotatable bonds is 6. The lowest BCUT2D eigenvalue weighted by atomic mass is 9.94. The van der Waals surface area contributed by atoms with Crippen LogP contribution in [0.2, 0.25) is 0 Å². The predicted molar refractivity (Wildman–Crippen MR) is 79.9 cm³/mol. The molecule has 19 heavy (non-hydrogen) atoms. The van der Waals surface area contributed by atoms with Crippen LogP contribution < -0.4 is 5.32 Å². The van der Waals surface area contributed by atoms with E-state index in [1.54, 1.807) is 0 Å². The van der Waals surface area contributed by atoms with E-state index in [1.165, 1.54) is 11.1 Å². The minimum atomic E-state index is 0.0421. The lowest BCUT2D eigenvalue weighted by Gasteiger charge is -2.26. The van der Waals surface area contributed by atoms with Crippen molar-refractivity contribution in [3.63, 3.8) is 0 Å². The van der Waals surface area contributed by atoms with Crippen molar-refractivity contribution in [2.75, 3.05) is 20.6 Å². The molecule has 0 saturated carbocycles. The quantitative estimate of drug-likeness (QED) is 0.854. The van der Waals surface area contributed by atoms with Gasteiger partial charge in [0, 0.05) is 20.1 Å². The summed E-state index contributed by atoms with van der Waals surface area (Å²) >= 11 is 0. The summed E-state index contributed by atoms with van der Waals surface area (Å²) in [5.74, 6) is 0.603. The summed E-state index contributed by atoms with van der Waals surface area (Å²) in [4.78, 5) is 14.3. The molecule has 0 aromatic heterocycles. The molecule has 1 amide bonds. The Kier molecular flexibility index (Phi) is 6.03. The Labute approximate surface area is 117 Å². The van der Waals surface area contributed by atoms with Gasteiger partial charge in [0.05, 0.1) is 5.92 Å². The lowest BCUT2D eigenvalue weighted by molar-refractivity contribution is -0.136. The van der Waals surface area contributed by atoms with Crippen molar-refractivity contribution in [3.05, 3.63) is 35.4 Å². The van der Waals surface area contributed by atoms with Gasteiger partial charge in [-0.25, -0.2) is 0 Å². The number of hydrogen-bond donors (Lipinski definition) is 1. The largest absolute Gasteiger partial charge is 0.341 e. The van der Waals surface area contributed by atoms with Gasteiger partial charge in [-0.3, -0.25) is 4.79 Å². The molecule has 0 bridgehead atoms. The van der Waals surface area contributed by atoms with Gasteiger partial charge in [0.15, 0.2) is 0 Å². The van der Waals surface area contributed by atoms with E-state index >= 15 is 0 Å². The first-order chi connectivity index (χ1) is 8.95. The van der Waals surface area contributed by atoms with Crippen molar-refractivity contribution in [3.8, 4) is 0 Å². The normalized spacial score (nSPS) is 12.5. The Morgan fingerprint density at radius 2 is 1.84 bits per heavy atom. The maximum atomic E-state index is 12.4. The third-order valence-electron chi connectivity index (χ3n) is 3.46. The second-order valence-electron chi connectivity index (χ2n) is 5.59. The van der Waals surface area contributed by atoms with Crippen LogP contribution in [-0.4, -0.2) is 31.4 Å². The van der Waals surface area contributed by atoms with Crippen molar-refractivity contribution >= 4 is 5.91 Å². The molecule has 1 unspecified atom stereocenters. The highest BCUT2D eigenvalue weighted by molar-refractivity contribution is 5.79. The standard InChI is InChI=1S/C16H26N2O/c1-12(2)15(10-17-4)16(19)18(5)11-14-8-6-13(3)7-9-14/h6-9,12,15,17H,10-11H2,1-5H3. The average Bonchev–Trinajstić information content (AvgIpc) is 2.37. The summed E-state index contributed by atoms with van der Waals surface area (Å²) in [7, 11) is 3.77. The third-order valence-corrected chi connectivity index (χ3v) is 3.46. The Balaban J connectivity index is 2.67. The summed E-state index contributed by atoms with van der Waals surface area (Å²) in [5.41, 5.74) is 2.42. The summed E-state index contributed by atoms with van der Waals surface area (Å²) in [6.07, 6.45) is 0. The molecule has 0 radical (unpaired) electrons. The van der Waals surface area contributed by atoms with Gasteiger partial charge in [0.25, 0.3) is 0 Å². The molecule has 0 aliphatic rings. The van der Waals surface area contributed by atoms with E-state index in [1.807, 2.05) is 19.0 Å². The van der Waals surface area contributed by atoms with E-state index in [0.717, 1.165) is 6.54 Å². The molecule has 1 atom stereocenters. The Hall–Kier alpha value is -1.35. The molecule has 0 saturated heterocycles. The van der Waals surface area contributed by atoms with Gasteiger partial charge < -0.3 is 10.2 Å². The Morgan fingerprint density at radius 1 is 1.26 bits per heavy atom. The Morgan fingerprint density at radius 3 is 2.32 bits per heavy atom. The molecule has 0 heterocycles. The van der Waals surface area contributed by atoms with Crippen LogP contribution in [0.5, 0.6) is 0 Å². The molecule has 0 fully saturated rings. The highest BCUT2D eigenvalue weighted by Gasteiger charge is 2.24. The van der Waals surface area contributed by atoms with E-state index in [0.29, 0.717) is 12.5 Å². The molecule has 1 N–H and O–H groups in total. The second kappa shape index (κ2) is 7.29. The van der Waals surface area contributed by atoms with Gasteiger partial charge in [0.2, 0.25) is 5.91 Å². The van der Waals surface area contributed by atoms with Crippen molar-refractivity contribution in [1.82, 2.24) is 10.2 Å². The van der Waals surface area contributed by atoms with Gasteiger partial charge in [-0.1, -0.05) is 43.7 Å². The van der Waals surface area contributed by atoms with Gasteiger partial charge in [0.1, 0.15) is 0 Å². The Bertz CT molecular complexity index is 398. The summed E-state index contributed by atoms with van der Waals surface area (Å²) in [6, 6.07) is 8.34. The molecule has 1 rings (SSSR count). The number of aryl methyl sites for hydroxylation is 1. The molecule has 1 aromatic carbocycles. The number of hydrogen-bond acceptors (Lipinski definition) is 2. The van der Waals surface area contributed by atoms with Crippen LogP contribution in [0.15, 0.2) is 24.3 Å². The number of nitrogens with zero attached hydrogens (tertiary/aromatic N) is 1. The van der Waals surface area contributed by atoms with E-state index < -0.39 is 0 Å². The number of benzene rings is 1. The maximum absolute atomic E-state index is 12.4. The fraction of sp³-hybridized carbons (Fsp3) is 0.562. The molecular formula is C16H26N2O. The van der Waals surface area contributed by atoms with Crippen molar-refractivity contribution in [2.24, 2.45) is 11.8 Å². The number of carbonyl (C=O) groups excluding carboxylic acids is 1. The molecule has 1 aromatic rings. The number of nitrogens with one attached hydrogen (secondary N) is 1. The smallest absolute Gasteiger partial charge is 0.227 e. The maximum Gasteiger partial charge on any atom is 0.227 e. The molecule has 0 aliphatic carbocycles. The van der Waals surface area contributed by atoms with Crippen LogP contribution >= 0.6 is 0 Å². The van der Waals surface area contributed by atoms with Crippen LogP contribution in [0.25, 0.3) is 0 Å². The summed E-state index contributed by atoms with van der Waals surface area (Å²) in [6.45, 7) is 7.67. The third kappa shape index (κ3) is 4.67. The van der Waals surface area contributed by atoms with Crippen LogP contribution in [0, 0.1) is 18.8 Å². The zero-order chi connectivity index (χ0) is 14.4. The number of carbonyl (C=O) groups is 1. The second-order valence-corrected chi connectivity index (χ2v) is 5.59. The first kappa shape index (κ1) is 15.7. The van der Waals surface area contributed by atoms with E-state index in [9.17, 15) is 4.79 Å². The highest BCUT2D eigenvalue weighted by Crippen LogP contribution is 2.15. The zero-order valence-corrected chi connectivity index (χ0v) is 12.7. The fourth-order valence-corrected chi connectivity index (χ4v) is 2.16. The minimum absolute atomic E-state index is 0.0421. The fourth-order valence-electron chi connectivity index (χ4n) is 2.16. The van der Waals surface area contributed by atoms with Gasteiger partial charge in [-0.2, -0.15) is 0 Å². The molecule has 106 valence electrons. The van der Waals surface area contributed by atoms with Gasteiger partial charge >= 0.3 is 0 Å². The van der Waals surface area contributed by atoms with E-state index in [-0.39, 0.29) is 11.8 Å². The highest BCUT2D eigenvalue weighted by atomic mass is 16.2. The van der Waals surface area contributed by atoms with E-state index in [4.69, 9.17) is 0 Å². The zero-order valence-electron chi connectivity index (χ0n) is 12.7. The summed E-state index contributed by atoms with van der Waals surface area (Å²) in [5, 5.41) is 3.11. The first-order valence-electron chi connectivity index (χ1n) is 6.90. The van der Waals surface area contributed by atoms with Crippen molar-refractivity contribution in [1.29, 1.82) is 0 Å². The van der Waals surface area contributed by atoms with Gasteiger partial charge in [-0.05, 0) is 25.5 Å². The SMILES string of the molecule is CNCC(C(=O)N(C)Cc1ccc(C)cc1)C(C)C. The van der Waals surface area contributed by atoms with Crippen LogP contribution in [0.3, 0.4) is 0 Å². The van der Waals surface area contributed by atoms with Crippen LogP contribution in [0.4, 0.5) is 0 Å². The molecule has 3 nitrogen and oxygen atoms in total. The molecular weight excluding hydrogens is 236 g/mol. The monoisotopic (exact) mass is 262 g/mol. The van der Waals surface area contributed by atoms with E-state index in [2.05, 4.69) is 50.4 Å². The molecule has 0 spiro atoms. The molecule has 3 heteroatoms. The van der Waals surface area contributed by atoms with Crippen molar-refractivity contribution in [2.45, 2.75) is 27.3 Å². The van der Waals surface area contributed by atoms with Crippen LogP contribution in [0.1, 0.15) is 25.0 Å². The predicted octanol–water partition coefficient (Wildman–Crippen LogP) is 2.45. The number of amides is 1. The first-order valence-corrected chi connectivity index (χ1v) is 6.90. The topological polar surface area (TPSA) is 32.3 Å². The van der Waals surface area contributed by atoms with Crippen molar-refractivity contribution < 1.29 is 4.79 Å². The van der Waals surface area contributed by atoms with Gasteiger partial charge in [-0.15, -0.1) is 0 Å².